The van der Waals surface area contributed by atoms with Crippen LogP contribution in [0.5, 0.6) is 0 Å². The van der Waals surface area contributed by atoms with Crippen LogP contribution >= 0.6 is 11.6 Å². The molecule has 3 aromatic carbocycles. The zero-order chi connectivity index (χ0) is 19.7. The molecule has 0 aliphatic rings. The van der Waals surface area contributed by atoms with Crippen molar-refractivity contribution >= 4 is 51.2 Å². The number of carbonyl (C=O) groups excluding carboxylic acids is 1. The monoisotopic (exact) mass is 389 g/mol. The summed E-state index contributed by atoms with van der Waals surface area (Å²) in [6.07, 6.45) is 3.19. The van der Waals surface area contributed by atoms with Gasteiger partial charge in [0, 0.05) is 22.9 Å². The largest absolute Gasteiger partial charge is 0.456 e. The lowest BCUT2D eigenvalue weighted by molar-refractivity contribution is -0.111. The van der Waals surface area contributed by atoms with E-state index in [1.807, 2.05) is 37.3 Å². The van der Waals surface area contributed by atoms with Crippen LogP contribution < -0.4 is 10.7 Å². The van der Waals surface area contributed by atoms with Gasteiger partial charge in [0.25, 0.3) is 0 Å². The summed E-state index contributed by atoms with van der Waals surface area (Å²) in [6, 6.07) is 17.9. The molecule has 1 aromatic heterocycles. The molecule has 0 atom stereocenters. The second-order valence-corrected chi connectivity index (χ2v) is 6.88. The maximum absolute atomic E-state index is 12.7. The Balaban J connectivity index is 1.66. The van der Waals surface area contributed by atoms with Crippen molar-refractivity contribution in [1.29, 1.82) is 0 Å². The van der Waals surface area contributed by atoms with Gasteiger partial charge in [-0.1, -0.05) is 41.9 Å². The van der Waals surface area contributed by atoms with Gasteiger partial charge in [-0.05, 0) is 48.4 Å². The number of fused-ring (bicyclic) bond motifs is 2. The van der Waals surface area contributed by atoms with E-state index in [1.165, 1.54) is 6.08 Å². The van der Waals surface area contributed by atoms with Gasteiger partial charge in [0.15, 0.2) is 0 Å². The number of amides is 1. The summed E-state index contributed by atoms with van der Waals surface area (Å²) in [5.74, 6) is -0.269. The van der Waals surface area contributed by atoms with Gasteiger partial charge in [-0.2, -0.15) is 0 Å². The molecule has 1 N–H and O–H groups in total. The first kappa shape index (κ1) is 18.0. The molecule has 0 fully saturated rings. The summed E-state index contributed by atoms with van der Waals surface area (Å²) in [5, 5.41) is 4.18. The molecule has 138 valence electrons. The Bertz CT molecular complexity index is 1290. The average molecular weight is 390 g/mol. The number of carbonyl (C=O) groups is 1. The molecule has 5 heteroatoms. The van der Waals surface area contributed by atoms with Crippen molar-refractivity contribution in [3.05, 3.63) is 93.1 Å². The Labute approximate surface area is 166 Å². The lowest BCUT2D eigenvalue weighted by Crippen LogP contribution is -2.08. The molecule has 0 aliphatic carbocycles. The highest BCUT2D eigenvalue weighted by molar-refractivity contribution is 6.32. The predicted molar refractivity (Wildman–Crippen MR) is 114 cm³/mol. The Hall–Kier alpha value is -3.37. The summed E-state index contributed by atoms with van der Waals surface area (Å²) < 4.78 is 5.89. The molecule has 0 bridgehead atoms. The fourth-order valence-corrected chi connectivity index (χ4v) is 3.14. The molecule has 4 rings (SSSR count). The van der Waals surface area contributed by atoms with Gasteiger partial charge in [-0.15, -0.1) is 0 Å². The third kappa shape index (κ3) is 3.55. The van der Waals surface area contributed by atoms with E-state index in [9.17, 15) is 9.59 Å². The third-order valence-electron chi connectivity index (χ3n) is 4.45. The quantitative estimate of drug-likeness (QED) is 0.368. The first-order valence-corrected chi connectivity index (χ1v) is 9.10. The van der Waals surface area contributed by atoms with Gasteiger partial charge in [0.2, 0.25) is 11.3 Å². The van der Waals surface area contributed by atoms with Crippen molar-refractivity contribution in [3.8, 4) is 0 Å². The minimum absolute atomic E-state index is 0.153. The Morgan fingerprint density at radius 2 is 1.75 bits per heavy atom. The first-order valence-electron chi connectivity index (χ1n) is 8.72. The maximum atomic E-state index is 12.7. The molecule has 4 nitrogen and oxygen atoms in total. The summed E-state index contributed by atoms with van der Waals surface area (Å²) in [4.78, 5) is 24.9. The number of nitrogens with one attached hydrogen (secondary N) is 1. The van der Waals surface area contributed by atoms with E-state index in [-0.39, 0.29) is 11.3 Å². The number of hydrogen-bond donors (Lipinski definition) is 1. The lowest BCUT2D eigenvalue weighted by Gasteiger charge is -2.06. The van der Waals surface area contributed by atoms with Crippen LogP contribution in [0, 0.1) is 6.92 Å². The van der Waals surface area contributed by atoms with Crippen LogP contribution in [0.15, 0.2) is 76.0 Å². The van der Waals surface area contributed by atoms with Gasteiger partial charge in [-0.25, -0.2) is 0 Å². The Morgan fingerprint density at radius 3 is 2.54 bits per heavy atom. The molecule has 0 saturated heterocycles. The lowest BCUT2D eigenvalue weighted by atomic mass is 10.1. The third-order valence-corrected chi connectivity index (χ3v) is 4.85. The minimum atomic E-state index is -0.269. The SMILES string of the molecule is Cc1cc2oc3cc(NC(=O)/C=C/c4ccccc4)ccc3c(=O)c2cc1Cl. The van der Waals surface area contributed by atoms with Crippen LogP contribution in [0.25, 0.3) is 28.0 Å². The molecule has 1 amide bonds. The van der Waals surface area contributed by atoms with Crippen molar-refractivity contribution in [2.75, 3.05) is 5.32 Å². The number of hydrogen-bond acceptors (Lipinski definition) is 3. The Morgan fingerprint density at radius 1 is 1.00 bits per heavy atom. The maximum Gasteiger partial charge on any atom is 0.248 e. The van der Waals surface area contributed by atoms with E-state index >= 15 is 0 Å². The molecular formula is C23H16ClNO3. The summed E-state index contributed by atoms with van der Waals surface area (Å²) >= 11 is 6.13. The highest BCUT2D eigenvalue weighted by Gasteiger charge is 2.11. The number of halogens is 1. The highest BCUT2D eigenvalue weighted by atomic mass is 35.5. The van der Waals surface area contributed by atoms with Crippen molar-refractivity contribution in [2.45, 2.75) is 6.92 Å². The van der Waals surface area contributed by atoms with Crippen molar-refractivity contribution in [1.82, 2.24) is 0 Å². The van der Waals surface area contributed by atoms with Crippen LogP contribution in [-0.4, -0.2) is 5.91 Å². The second kappa shape index (κ2) is 7.33. The number of aryl methyl sites for hydroxylation is 1. The molecule has 0 radical (unpaired) electrons. The number of anilines is 1. The van der Waals surface area contributed by atoms with Crippen LogP contribution in [-0.2, 0) is 4.79 Å². The van der Waals surface area contributed by atoms with E-state index in [2.05, 4.69) is 5.32 Å². The molecule has 28 heavy (non-hydrogen) atoms. The number of rotatable bonds is 3. The zero-order valence-corrected chi connectivity index (χ0v) is 15.8. The average Bonchev–Trinajstić information content (AvgIpc) is 2.69. The van der Waals surface area contributed by atoms with Gasteiger partial charge < -0.3 is 9.73 Å². The van der Waals surface area contributed by atoms with Gasteiger partial charge in [-0.3, -0.25) is 9.59 Å². The topological polar surface area (TPSA) is 59.3 Å². The van der Waals surface area contributed by atoms with Gasteiger partial charge in [0.05, 0.1) is 10.8 Å². The first-order chi connectivity index (χ1) is 13.5. The van der Waals surface area contributed by atoms with Crippen LogP contribution in [0.3, 0.4) is 0 Å². The molecule has 0 saturated carbocycles. The molecule has 1 heterocycles. The minimum Gasteiger partial charge on any atom is -0.456 e. The molecule has 0 spiro atoms. The van der Waals surface area contributed by atoms with Crippen LogP contribution in [0.1, 0.15) is 11.1 Å². The van der Waals surface area contributed by atoms with E-state index in [4.69, 9.17) is 16.0 Å². The van der Waals surface area contributed by atoms with Crippen molar-refractivity contribution in [2.24, 2.45) is 0 Å². The molecular weight excluding hydrogens is 374 g/mol. The van der Waals surface area contributed by atoms with Gasteiger partial charge in [0.1, 0.15) is 11.2 Å². The van der Waals surface area contributed by atoms with Gasteiger partial charge >= 0.3 is 0 Å². The van der Waals surface area contributed by atoms with Crippen LogP contribution in [0.2, 0.25) is 5.02 Å². The molecule has 4 aromatic rings. The number of benzene rings is 3. The van der Waals surface area contributed by atoms with E-state index in [0.717, 1.165) is 11.1 Å². The fourth-order valence-electron chi connectivity index (χ4n) is 2.97. The van der Waals surface area contributed by atoms with Crippen molar-refractivity contribution in [3.63, 3.8) is 0 Å². The van der Waals surface area contributed by atoms with Crippen LogP contribution in [0.4, 0.5) is 5.69 Å². The van der Waals surface area contributed by atoms with E-state index < -0.39 is 0 Å². The fraction of sp³-hybridized carbons (Fsp3) is 0.0435. The summed E-state index contributed by atoms with van der Waals surface area (Å²) in [5.41, 5.74) is 3.02. The van der Waals surface area contributed by atoms with E-state index in [1.54, 1.807) is 36.4 Å². The zero-order valence-electron chi connectivity index (χ0n) is 15.0. The predicted octanol–water partition coefficient (Wildman–Crippen LogP) is 5.56. The standard InChI is InChI=1S/C23H16ClNO3/c1-14-11-20-18(13-19(14)24)23(27)17-9-8-16(12-21(17)28-20)25-22(26)10-7-15-5-3-2-4-6-15/h2-13H,1H3,(H,25,26)/b10-7+. The van der Waals surface area contributed by atoms with E-state index in [0.29, 0.717) is 32.6 Å². The molecule has 0 unspecified atom stereocenters. The van der Waals surface area contributed by atoms with Crippen molar-refractivity contribution < 1.29 is 9.21 Å². The summed E-state index contributed by atoms with van der Waals surface area (Å²) in [7, 11) is 0. The highest BCUT2D eigenvalue weighted by Crippen LogP contribution is 2.26. The normalized spacial score (nSPS) is 11.4. The Kier molecular flexibility index (Phi) is 4.72. The molecule has 0 aliphatic heterocycles. The second-order valence-electron chi connectivity index (χ2n) is 6.47. The summed E-state index contributed by atoms with van der Waals surface area (Å²) in [6.45, 7) is 1.85. The smallest absolute Gasteiger partial charge is 0.248 e.